The van der Waals surface area contributed by atoms with Crippen LogP contribution in [0.3, 0.4) is 0 Å². The summed E-state index contributed by atoms with van der Waals surface area (Å²) in [6, 6.07) is 0. The SMILES string of the molecule is CCCCCC(O)/C=C/C1N(CCCCCCC(=O)O)C(=O)CS1(=O)=O. The first-order valence-electron chi connectivity index (χ1n) is 9.37. The van der Waals surface area contributed by atoms with Crippen molar-refractivity contribution in [2.45, 2.75) is 76.2 Å². The van der Waals surface area contributed by atoms with E-state index in [-0.39, 0.29) is 6.42 Å². The molecule has 0 saturated carbocycles. The van der Waals surface area contributed by atoms with Crippen LogP contribution < -0.4 is 0 Å². The Bertz CT molecular complexity index is 586. The fraction of sp³-hybridized carbons (Fsp3) is 0.778. The zero-order chi connectivity index (χ0) is 19.6. The van der Waals surface area contributed by atoms with E-state index in [1.807, 2.05) is 0 Å². The molecule has 7 nitrogen and oxygen atoms in total. The number of aliphatic hydroxyl groups excluding tert-OH is 1. The zero-order valence-electron chi connectivity index (χ0n) is 15.5. The van der Waals surface area contributed by atoms with E-state index in [1.165, 1.54) is 17.1 Å². The van der Waals surface area contributed by atoms with Gasteiger partial charge in [0.05, 0.1) is 6.10 Å². The molecule has 1 aliphatic rings. The number of hydrogen-bond donors (Lipinski definition) is 2. The van der Waals surface area contributed by atoms with Gasteiger partial charge in [0.25, 0.3) is 0 Å². The molecular weight excluding hydrogens is 358 g/mol. The molecule has 1 amide bonds. The second kappa shape index (κ2) is 11.3. The number of rotatable bonds is 13. The van der Waals surface area contributed by atoms with Gasteiger partial charge in [-0.3, -0.25) is 9.59 Å². The number of amides is 1. The van der Waals surface area contributed by atoms with Crippen molar-refractivity contribution in [3.05, 3.63) is 12.2 Å². The van der Waals surface area contributed by atoms with Gasteiger partial charge >= 0.3 is 5.97 Å². The number of carboxylic acid groups (broad SMARTS) is 1. The lowest BCUT2D eigenvalue weighted by Gasteiger charge is -2.21. The monoisotopic (exact) mass is 389 g/mol. The summed E-state index contributed by atoms with van der Waals surface area (Å²) >= 11 is 0. The first-order valence-corrected chi connectivity index (χ1v) is 11.1. The van der Waals surface area contributed by atoms with E-state index >= 15 is 0 Å². The average Bonchev–Trinajstić information content (AvgIpc) is 2.77. The summed E-state index contributed by atoms with van der Waals surface area (Å²) in [5, 5.41) is 17.5. The van der Waals surface area contributed by atoms with Crippen LogP contribution in [0.4, 0.5) is 0 Å². The number of nitrogens with zero attached hydrogens (tertiary/aromatic N) is 1. The molecule has 2 atom stereocenters. The first kappa shape index (κ1) is 22.6. The van der Waals surface area contributed by atoms with Crippen molar-refractivity contribution in [3.63, 3.8) is 0 Å². The van der Waals surface area contributed by atoms with E-state index < -0.39 is 38.9 Å². The fourth-order valence-electron chi connectivity index (χ4n) is 2.99. The van der Waals surface area contributed by atoms with Gasteiger partial charge in [0, 0.05) is 13.0 Å². The van der Waals surface area contributed by atoms with E-state index in [1.54, 1.807) is 0 Å². The Morgan fingerprint density at radius 3 is 2.58 bits per heavy atom. The molecule has 0 radical (unpaired) electrons. The zero-order valence-corrected chi connectivity index (χ0v) is 16.3. The molecule has 0 bridgehead atoms. The lowest BCUT2D eigenvalue weighted by atomic mass is 10.1. The van der Waals surface area contributed by atoms with Gasteiger partial charge in [0.2, 0.25) is 5.91 Å². The topological polar surface area (TPSA) is 112 Å². The Morgan fingerprint density at radius 1 is 1.23 bits per heavy atom. The molecule has 0 aliphatic carbocycles. The predicted molar refractivity (Wildman–Crippen MR) is 99.3 cm³/mol. The van der Waals surface area contributed by atoms with Gasteiger partial charge < -0.3 is 15.1 Å². The van der Waals surface area contributed by atoms with E-state index in [9.17, 15) is 23.1 Å². The van der Waals surface area contributed by atoms with Crippen molar-refractivity contribution >= 4 is 21.7 Å². The lowest BCUT2D eigenvalue weighted by molar-refractivity contribution is -0.137. The number of sulfone groups is 1. The highest BCUT2D eigenvalue weighted by Gasteiger charge is 2.41. The molecule has 0 aromatic heterocycles. The minimum atomic E-state index is -3.56. The maximum absolute atomic E-state index is 12.2. The molecule has 2 unspecified atom stereocenters. The van der Waals surface area contributed by atoms with Crippen molar-refractivity contribution < 1.29 is 28.2 Å². The highest BCUT2D eigenvalue weighted by molar-refractivity contribution is 7.93. The number of aliphatic hydroxyl groups is 1. The Labute approximate surface area is 156 Å². The molecule has 8 heteroatoms. The Morgan fingerprint density at radius 2 is 1.92 bits per heavy atom. The standard InChI is InChI=1S/C18H31NO6S/c1-2-3-6-9-15(20)11-12-17-19(16(21)14-26(17,24)25)13-8-5-4-7-10-18(22)23/h11-12,15,17,20H,2-10,13-14H2,1H3,(H,22,23)/b12-11+. The normalized spacial score (nSPS) is 20.8. The van der Waals surface area contributed by atoms with Crippen LogP contribution in [0.2, 0.25) is 0 Å². The molecule has 0 aromatic rings. The first-order chi connectivity index (χ1) is 12.3. The van der Waals surface area contributed by atoms with Crippen LogP contribution in [0.25, 0.3) is 0 Å². The van der Waals surface area contributed by atoms with Gasteiger partial charge in [0.15, 0.2) is 15.2 Å². The molecular formula is C18H31NO6S. The van der Waals surface area contributed by atoms with Crippen LogP contribution >= 0.6 is 0 Å². The number of carbonyl (C=O) groups excluding carboxylic acids is 1. The van der Waals surface area contributed by atoms with Gasteiger partial charge in [-0.25, -0.2) is 8.42 Å². The Hall–Kier alpha value is -1.41. The van der Waals surface area contributed by atoms with Crippen LogP contribution in [-0.2, 0) is 19.4 Å². The fourth-order valence-corrected chi connectivity index (χ4v) is 4.61. The number of carboxylic acids is 1. The maximum Gasteiger partial charge on any atom is 0.303 e. The number of hydrogen-bond acceptors (Lipinski definition) is 5. The number of carbonyl (C=O) groups is 2. The smallest absolute Gasteiger partial charge is 0.303 e. The van der Waals surface area contributed by atoms with E-state index in [0.29, 0.717) is 25.8 Å². The van der Waals surface area contributed by atoms with Gasteiger partial charge in [0.1, 0.15) is 5.75 Å². The number of unbranched alkanes of at least 4 members (excludes halogenated alkanes) is 5. The molecule has 0 aromatic carbocycles. The third kappa shape index (κ3) is 7.86. The van der Waals surface area contributed by atoms with Crippen molar-refractivity contribution in [3.8, 4) is 0 Å². The second-order valence-electron chi connectivity index (χ2n) is 6.79. The van der Waals surface area contributed by atoms with Crippen LogP contribution in [0, 0.1) is 0 Å². The summed E-state index contributed by atoms with van der Waals surface area (Å²) in [7, 11) is -3.56. The molecule has 1 aliphatic heterocycles. The highest BCUT2D eigenvalue weighted by atomic mass is 32.2. The summed E-state index contributed by atoms with van der Waals surface area (Å²) in [6.07, 6.45) is 8.53. The van der Waals surface area contributed by atoms with Gasteiger partial charge in [-0.1, -0.05) is 45.1 Å². The third-order valence-corrected chi connectivity index (χ3v) is 6.26. The van der Waals surface area contributed by atoms with E-state index in [0.717, 1.165) is 32.1 Å². The quantitative estimate of drug-likeness (QED) is 0.368. The van der Waals surface area contributed by atoms with Crippen molar-refractivity contribution in [2.75, 3.05) is 12.3 Å². The van der Waals surface area contributed by atoms with E-state index in [2.05, 4.69) is 6.92 Å². The molecule has 150 valence electrons. The van der Waals surface area contributed by atoms with E-state index in [4.69, 9.17) is 5.11 Å². The molecule has 0 spiro atoms. The largest absolute Gasteiger partial charge is 0.481 e. The summed E-state index contributed by atoms with van der Waals surface area (Å²) in [5.41, 5.74) is 0. The maximum atomic E-state index is 12.2. The van der Waals surface area contributed by atoms with Crippen LogP contribution in [0.5, 0.6) is 0 Å². The molecule has 2 N–H and O–H groups in total. The summed E-state index contributed by atoms with van der Waals surface area (Å²) < 4.78 is 24.4. The van der Waals surface area contributed by atoms with Gasteiger partial charge in [-0.2, -0.15) is 0 Å². The van der Waals surface area contributed by atoms with Crippen LogP contribution in [-0.4, -0.2) is 59.2 Å². The van der Waals surface area contributed by atoms with Crippen LogP contribution in [0.15, 0.2) is 12.2 Å². The minimum absolute atomic E-state index is 0.123. The van der Waals surface area contributed by atoms with Crippen molar-refractivity contribution in [2.24, 2.45) is 0 Å². The minimum Gasteiger partial charge on any atom is -0.481 e. The predicted octanol–water partition coefficient (Wildman–Crippen LogP) is 2.10. The molecule has 1 saturated heterocycles. The number of aliphatic carboxylic acids is 1. The Kier molecular flexibility index (Phi) is 9.87. The molecule has 1 rings (SSSR count). The van der Waals surface area contributed by atoms with Gasteiger partial charge in [-0.05, 0) is 25.3 Å². The average molecular weight is 390 g/mol. The highest BCUT2D eigenvalue weighted by Crippen LogP contribution is 2.21. The second-order valence-corrected chi connectivity index (χ2v) is 8.89. The third-order valence-electron chi connectivity index (χ3n) is 4.46. The Balaban J connectivity index is 2.53. The lowest BCUT2D eigenvalue weighted by Crippen LogP contribution is -2.35. The summed E-state index contributed by atoms with van der Waals surface area (Å²) in [4.78, 5) is 23.8. The summed E-state index contributed by atoms with van der Waals surface area (Å²) in [5.74, 6) is -1.73. The summed E-state index contributed by atoms with van der Waals surface area (Å²) in [6.45, 7) is 2.39. The van der Waals surface area contributed by atoms with Crippen molar-refractivity contribution in [1.82, 2.24) is 4.90 Å². The molecule has 1 fully saturated rings. The molecule has 26 heavy (non-hydrogen) atoms. The van der Waals surface area contributed by atoms with Crippen LogP contribution in [0.1, 0.15) is 64.7 Å². The molecule has 1 heterocycles. The van der Waals surface area contributed by atoms with Gasteiger partial charge in [-0.15, -0.1) is 0 Å². The van der Waals surface area contributed by atoms with Crippen molar-refractivity contribution in [1.29, 1.82) is 0 Å².